The molecule has 0 bridgehead atoms. The summed E-state index contributed by atoms with van der Waals surface area (Å²) in [4.78, 5) is 12.5. The van der Waals surface area contributed by atoms with Crippen LogP contribution in [-0.2, 0) is 15.6 Å². The molecule has 6 nitrogen and oxygen atoms in total. The molecule has 0 atom stereocenters. The quantitative estimate of drug-likeness (QED) is 0.412. The summed E-state index contributed by atoms with van der Waals surface area (Å²) in [6, 6.07) is 18.0. The SMILES string of the molecule is O=[n+]1cccc2c3ccccc3n([O-])c(CS(=O)(=O)c3ccccc3)c1-2. The molecule has 0 saturated carbocycles. The Morgan fingerprint density at radius 3 is 2.38 bits per heavy atom. The van der Waals surface area contributed by atoms with Crippen molar-refractivity contribution in [1.82, 2.24) is 4.73 Å². The van der Waals surface area contributed by atoms with Crippen LogP contribution in [0.5, 0.6) is 0 Å². The van der Waals surface area contributed by atoms with Crippen LogP contribution in [0.1, 0.15) is 5.69 Å². The van der Waals surface area contributed by atoms with Gasteiger partial charge in [0.1, 0.15) is 11.4 Å². The van der Waals surface area contributed by atoms with Crippen molar-refractivity contribution >= 4 is 20.7 Å². The highest BCUT2D eigenvalue weighted by atomic mass is 32.2. The normalized spacial score (nSPS) is 11.8. The van der Waals surface area contributed by atoms with Crippen molar-refractivity contribution in [2.24, 2.45) is 0 Å². The van der Waals surface area contributed by atoms with Gasteiger partial charge < -0.3 is 9.94 Å². The minimum atomic E-state index is -3.79. The lowest BCUT2D eigenvalue weighted by molar-refractivity contribution is -0.482. The van der Waals surface area contributed by atoms with Gasteiger partial charge in [-0.25, -0.2) is 8.42 Å². The van der Waals surface area contributed by atoms with Crippen LogP contribution in [-0.4, -0.2) is 13.1 Å². The molecular weight excluding hydrogens is 352 g/mol. The molecule has 4 rings (SSSR count). The molecule has 0 saturated heterocycles. The number of pyridine rings is 2. The summed E-state index contributed by atoms with van der Waals surface area (Å²) in [6.07, 6.45) is 1.26. The fraction of sp³-hybridized carbons (Fsp3) is 0.0526. The van der Waals surface area contributed by atoms with Gasteiger partial charge in [-0.15, -0.1) is 0 Å². The van der Waals surface area contributed by atoms with Crippen LogP contribution in [0.2, 0.25) is 0 Å². The minimum absolute atomic E-state index is 0.0701. The molecule has 2 aromatic carbocycles. The van der Waals surface area contributed by atoms with Gasteiger partial charge >= 0.3 is 0 Å². The third kappa shape index (κ3) is 2.53. The highest BCUT2D eigenvalue weighted by Crippen LogP contribution is 2.32. The maximum absolute atomic E-state index is 12.9. The molecular formula is C19H14N2O4S. The summed E-state index contributed by atoms with van der Waals surface area (Å²) >= 11 is 0. The van der Waals surface area contributed by atoms with E-state index < -0.39 is 15.6 Å². The molecule has 130 valence electrons. The van der Waals surface area contributed by atoms with Crippen molar-refractivity contribution in [2.75, 3.05) is 0 Å². The Labute approximate surface area is 149 Å². The van der Waals surface area contributed by atoms with E-state index in [4.69, 9.17) is 0 Å². The van der Waals surface area contributed by atoms with E-state index in [-0.39, 0.29) is 16.3 Å². The Kier molecular flexibility index (Phi) is 3.73. The van der Waals surface area contributed by atoms with Gasteiger partial charge in [0.25, 0.3) is 5.69 Å². The predicted molar refractivity (Wildman–Crippen MR) is 98.0 cm³/mol. The maximum atomic E-state index is 12.9. The summed E-state index contributed by atoms with van der Waals surface area (Å²) in [5.41, 5.74) is 0.854. The first kappa shape index (κ1) is 16.3. The first-order valence-corrected chi connectivity index (χ1v) is 9.57. The molecule has 0 aliphatic carbocycles. The Bertz CT molecular complexity index is 1250. The second kappa shape index (κ2) is 5.96. The lowest BCUT2D eigenvalue weighted by Crippen LogP contribution is -2.24. The van der Waals surface area contributed by atoms with Gasteiger partial charge in [-0.05, 0) is 24.3 Å². The second-order valence-corrected chi connectivity index (χ2v) is 7.92. The third-order valence-corrected chi connectivity index (χ3v) is 5.96. The molecule has 0 aromatic heterocycles. The van der Waals surface area contributed by atoms with Gasteiger partial charge in [0.15, 0.2) is 9.84 Å². The van der Waals surface area contributed by atoms with Gasteiger partial charge in [0.2, 0.25) is 6.20 Å². The Balaban J connectivity index is 2.03. The number of hydrogen-bond donors (Lipinski definition) is 0. The fourth-order valence-corrected chi connectivity index (χ4v) is 4.48. The van der Waals surface area contributed by atoms with Crippen LogP contribution in [0.3, 0.4) is 0 Å². The highest BCUT2D eigenvalue weighted by molar-refractivity contribution is 7.90. The van der Waals surface area contributed by atoms with E-state index in [1.807, 2.05) is 0 Å². The van der Waals surface area contributed by atoms with Crippen molar-refractivity contribution in [3.8, 4) is 11.3 Å². The van der Waals surface area contributed by atoms with E-state index in [1.54, 1.807) is 54.6 Å². The molecule has 0 radical (unpaired) electrons. The van der Waals surface area contributed by atoms with Crippen molar-refractivity contribution in [3.05, 3.63) is 88.7 Å². The van der Waals surface area contributed by atoms with Crippen molar-refractivity contribution in [2.45, 2.75) is 10.6 Å². The van der Waals surface area contributed by atoms with E-state index in [0.29, 0.717) is 25.6 Å². The summed E-state index contributed by atoms with van der Waals surface area (Å²) in [7, 11) is -3.79. The van der Waals surface area contributed by atoms with Crippen LogP contribution in [0.25, 0.3) is 22.2 Å². The van der Waals surface area contributed by atoms with Crippen LogP contribution >= 0.6 is 0 Å². The summed E-state index contributed by atoms with van der Waals surface area (Å²) < 4.78 is 26.7. The van der Waals surface area contributed by atoms with Crippen LogP contribution < -0.4 is 4.43 Å². The van der Waals surface area contributed by atoms with Gasteiger partial charge in [-0.3, -0.25) is 0 Å². The molecule has 2 heterocycles. The van der Waals surface area contributed by atoms with Crippen molar-refractivity contribution < 1.29 is 12.8 Å². The first-order chi connectivity index (χ1) is 12.5. The number of sulfone groups is 1. The third-order valence-electron chi connectivity index (χ3n) is 4.32. The lowest BCUT2D eigenvalue weighted by Gasteiger charge is -2.22. The van der Waals surface area contributed by atoms with Crippen LogP contribution in [0.15, 0.2) is 77.8 Å². The van der Waals surface area contributed by atoms with E-state index in [9.17, 15) is 18.5 Å². The lowest BCUT2D eigenvalue weighted by atomic mass is 10.0. The average molecular weight is 366 g/mol. The number of benzene rings is 2. The second-order valence-electron chi connectivity index (χ2n) is 5.93. The fourth-order valence-electron chi connectivity index (χ4n) is 3.13. The number of nitrogens with zero attached hydrogens (tertiary/aromatic N) is 2. The molecule has 0 amide bonds. The van der Waals surface area contributed by atoms with E-state index in [1.165, 1.54) is 18.3 Å². The summed E-state index contributed by atoms with van der Waals surface area (Å²) in [5, 5.41) is 13.5. The average Bonchev–Trinajstić information content (AvgIpc) is 2.66. The van der Waals surface area contributed by atoms with Crippen molar-refractivity contribution in [3.63, 3.8) is 0 Å². The Morgan fingerprint density at radius 1 is 0.923 bits per heavy atom. The van der Waals surface area contributed by atoms with E-state index >= 15 is 0 Å². The summed E-state index contributed by atoms with van der Waals surface area (Å²) in [5.74, 6) is -0.561. The first-order valence-electron chi connectivity index (χ1n) is 7.92. The predicted octanol–water partition coefficient (Wildman–Crippen LogP) is 2.98. The Morgan fingerprint density at radius 2 is 1.62 bits per heavy atom. The van der Waals surface area contributed by atoms with Gasteiger partial charge in [0.05, 0.1) is 14.9 Å². The van der Waals surface area contributed by atoms with E-state index in [0.717, 1.165) is 0 Å². The maximum Gasteiger partial charge on any atom is 0.290 e. The van der Waals surface area contributed by atoms with Gasteiger partial charge in [-0.2, -0.15) is 0 Å². The minimum Gasteiger partial charge on any atom is -0.805 e. The molecule has 7 heteroatoms. The largest absolute Gasteiger partial charge is 0.805 e. The zero-order chi connectivity index (χ0) is 18.3. The molecule has 2 aliphatic rings. The van der Waals surface area contributed by atoms with Gasteiger partial charge in [0, 0.05) is 21.9 Å². The monoisotopic (exact) mass is 366 g/mol. The number of para-hydroxylation sites is 1. The zero-order valence-corrected chi connectivity index (χ0v) is 14.4. The molecule has 0 fully saturated rings. The Hall–Kier alpha value is -3.19. The molecule has 2 aromatic rings. The topological polar surface area (TPSA) is 85.1 Å². The molecule has 0 N–H and O–H groups in total. The summed E-state index contributed by atoms with van der Waals surface area (Å²) in [6.45, 7) is 0. The molecule has 0 spiro atoms. The number of hydrogen-bond acceptors (Lipinski definition) is 4. The molecule has 2 aliphatic heterocycles. The molecule has 26 heavy (non-hydrogen) atoms. The highest BCUT2D eigenvalue weighted by Gasteiger charge is 2.28. The standard InChI is InChI=1S/C19H14N2O4S/c22-20-12-6-10-16-15-9-4-5-11-17(15)21(23)18(19(16)20)13-26(24,25)14-7-2-1-3-8-14/h1-12H,13H2. The number of fused-ring (bicyclic) bond motifs is 3. The van der Waals surface area contributed by atoms with Gasteiger partial charge in [-0.1, -0.05) is 36.4 Å². The number of rotatable bonds is 3. The van der Waals surface area contributed by atoms with Crippen LogP contribution in [0.4, 0.5) is 0 Å². The van der Waals surface area contributed by atoms with E-state index in [2.05, 4.69) is 0 Å². The van der Waals surface area contributed by atoms with Crippen molar-refractivity contribution in [1.29, 1.82) is 0 Å². The smallest absolute Gasteiger partial charge is 0.290 e. The molecule has 0 unspecified atom stereocenters. The zero-order valence-electron chi connectivity index (χ0n) is 13.6. The van der Waals surface area contributed by atoms with Crippen LogP contribution in [0, 0.1) is 10.1 Å². The number of aromatic nitrogens is 2.